The first kappa shape index (κ1) is 20.0. The van der Waals surface area contributed by atoms with Crippen molar-refractivity contribution >= 4 is 22.4 Å². The molecule has 1 N–H and O–H groups in total. The molecule has 1 atom stereocenters. The topological polar surface area (TPSA) is 75.9 Å². The number of piperidine rings is 1. The van der Waals surface area contributed by atoms with Gasteiger partial charge in [-0.15, -0.1) is 11.3 Å². The standard InChI is InChI=1S/C23H25N5O2S/c1-26-18-8-7-15(11-19(18)27(2)23(26)30)13-28-9-3-5-16(14-28)17-12-21(29)25-22(24-17)20-6-4-10-31-20/h4,6-8,10-12,16H,3,5,9,13-14H2,1-2H3,(H,24,25,29)/t16-/m0/s1. The Kier molecular flexibility index (Phi) is 5.11. The predicted molar refractivity (Wildman–Crippen MR) is 124 cm³/mol. The van der Waals surface area contributed by atoms with E-state index in [1.165, 1.54) is 5.56 Å². The van der Waals surface area contributed by atoms with Gasteiger partial charge < -0.3 is 4.98 Å². The number of aryl methyl sites for hydroxylation is 2. The lowest BCUT2D eigenvalue weighted by Crippen LogP contribution is -2.34. The number of rotatable bonds is 4. The highest BCUT2D eigenvalue weighted by molar-refractivity contribution is 7.13. The van der Waals surface area contributed by atoms with Gasteiger partial charge >= 0.3 is 5.69 Å². The minimum absolute atomic E-state index is 0.00731. The maximum Gasteiger partial charge on any atom is 0.328 e. The van der Waals surface area contributed by atoms with E-state index in [0.29, 0.717) is 5.82 Å². The smallest absolute Gasteiger partial charge is 0.306 e. The molecule has 0 bridgehead atoms. The quantitative estimate of drug-likeness (QED) is 0.535. The van der Waals surface area contributed by atoms with Crippen molar-refractivity contribution in [1.29, 1.82) is 0 Å². The summed E-state index contributed by atoms with van der Waals surface area (Å²) in [6, 6.07) is 11.8. The number of thiophene rings is 1. The fourth-order valence-corrected chi connectivity index (χ4v) is 5.23. The van der Waals surface area contributed by atoms with Gasteiger partial charge in [0.2, 0.25) is 0 Å². The van der Waals surface area contributed by atoms with E-state index < -0.39 is 0 Å². The van der Waals surface area contributed by atoms with E-state index in [0.717, 1.165) is 54.1 Å². The van der Waals surface area contributed by atoms with Gasteiger partial charge in [-0.2, -0.15) is 0 Å². The van der Waals surface area contributed by atoms with Crippen LogP contribution in [0.4, 0.5) is 0 Å². The molecule has 4 aromatic rings. The molecule has 8 heteroatoms. The number of H-pyrrole nitrogens is 1. The molecule has 1 aliphatic rings. The second-order valence-corrected chi connectivity index (χ2v) is 9.24. The second kappa shape index (κ2) is 7.94. The molecule has 3 aromatic heterocycles. The Hall–Kier alpha value is -2.97. The molecule has 0 unspecified atom stereocenters. The van der Waals surface area contributed by atoms with Crippen LogP contribution in [0.1, 0.15) is 30.0 Å². The molecule has 1 aromatic carbocycles. The van der Waals surface area contributed by atoms with E-state index >= 15 is 0 Å². The highest BCUT2D eigenvalue weighted by atomic mass is 32.1. The lowest BCUT2D eigenvalue weighted by Gasteiger charge is -2.32. The Morgan fingerprint density at radius 2 is 1.97 bits per heavy atom. The normalized spacial score (nSPS) is 17.4. The first-order valence-corrected chi connectivity index (χ1v) is 11.4. The number of nitrogens with zero attached hydrogens (tertiary/aromatic N) is 4. The van der Waals surface area contributed by atoms with Crippen LogP contribution >= 0.6 is 11.3 Å². The molecular weight excluding hydrogens is 410 g/mol. The van der Waals surface area contributed by atoms with Gasteiger partial charge in [0.1, 0.15) is 5.82 Å². The van der Waals surface area contributed by atoms with Gasteiger partial charge in [-0.1, -0.05) is 12.1 Å². The van der Waals surface area contributed by atoms with Crippen molar-refractivity contribution in [3.05, 3.63) is 73.9 Å². The summed E-state index contributed by atoms with van der Waals surface area (Å²) in [4.78, 5) is 35.5. The van der Waals surface area contributed by atoms with Gasteiger partial charge in [0.25, 0.3) is 5.56 Å². The Balaban J connectivity index is 1.38. The van der Waals surface area contributed by atoms with Crippen LogP contribution in [0.15, 0.2) is 51.4 Å². The first-order chi connectivity index (χ1) is 15.0. The Morgan fingerprint density at radius 1 is 1.13 bits per heavy atom. The average Bonchev–Trinajstić information content (AvgIpc) is 3.38. The van der Waals surface area contributed by atoms with Gasteiger partial charge in [-0.05, 0) is 48.5 Å². The van der Waals surface area contributed by atoms with Gasteiger partial charge in [0, 0.05) is 39.2 Å². The Bertz CT molecular complexity index is 1350. The van der Waals surface area contributed by atoms with E-state index in [1.54, 1.807) is 33.6 Å². The largest absolute Gasteiger partial charge is 0.328 e. The zero-order valence-electron chi connectivity index (χ0n) is 17.7. The van der Waals surface area contributed by atoms with Crippen molar-refractivity contribution in [2.24, 2.45) is 14.1 Å². The molecule has 1 saturated heterocycles. The summed E-state index contributed by atoms with van der Waals surface area (Å²) in [6.45, 7) is 2.70. The van der Waals surface area contributed by atoms with Crippen molar-refractivity contribution in [3.8, 4) is 10.7 Å². The SMILES string of the molecule is Cn1c(=O)n(C)c2cc(CN3CCC[C@H](c4cc(=O)[nH]c(-c5cccs5)n4)C3)ccc21. The van der Waals surface area contributed by atoms with Crippen molar-refractivity contribution in [1.82, 2.24) is 24.0 Å². The molecule has 0 saturated carbocycles. The number of likely N-dealkylation sites (tertiary alicyclic amines) is 1. The van der Waals surface area contributed by atoms with Crippen molar-refractivity contribution < 1.29 is 0 Å². The number of aromatic amines is 1. The number of benzene rings is 1. The molecule has 0 amide bonds. The van der Waals surface area contributed by atoms with Gasteiger partial charge in [-0.3, -0.25) is 18.8 Å². The third-order valence-corrected chi connectivity index (χ3v) is 7.06. The maximum atomic E-state index is 12.3. The predicted octanol–water partition coefficient (Wildman–Crippen LogP) is 3.07. The maximum absolute atomic E-state index is 12.3. The fourth-order valence-electron chi connectivity index (χ4n) is 4.57. The molecule has 31 heavy (non-hydrogen) atoms. The van der Waals surface area contributed by atoms with Crippen LogP contribution in [0.5, 0.6) is 0 Å². The summed E-state index contributed by atoms with van der Waals surface area (Å²) in [5, 5.41) is 1.99. The van der Waals surface area contributed by atoms with Crippen LogP contribution in [0, 0.1) is 0 Å². The molecule has 160 valence electrons. The number of aromatic nitrogens is 4. The molecule has 0 aliphatic carbocycles. The molecule has 5 rings (SSSR count). The average molecular weight is 436 g/mol. The summed E-state index contributed by atoms with van der Waals surface area (Å²) in [5.41, 5.74) is 3.86. The molecule has 0 radical (unpaired) electrons. The molecule has 4 heterocycles. The second-order valence-electron chi connectivity index (χ2n) is 8.29. The molecule has 1 fully saturated rings. The number of imidazole rings is 1. The van der Waals surface area contributed by atoms with Gasteiger partial charge in [0.15, 0.2) is 0 Å². The number of hydrogen-bond acceptors (Lipinski definition) is 5. The van der Waals surface area contributed by atoms with Crippen LogP contribution in [-0.2, 0) is 20.6 Å². The van der Waals surface area contributed by atoms with E-state index in [9.17, 15) is 9.59 Å². The van der Waals surface area contributed by atoms with Crippen molar-refractivity contribution in [2.45, 2.75) is 25.3 Å². The zero-order chi connectivity index (χ0) is 21.5. The highest BCUT2D eigenvalue weighted by Gasteiger charge is 2.24. The zero-order valence-corrected chi connectivity index (χ0v) is 18.5. The van der Waals surface area contributed by atoms with Crippen LogP contribution in [0.3, 0.4) is 0 Å². The summed E-state index contributed by atoms with van der Waals surface area (Å²) < 4.78 is 3.38. The van der Waals surface area contributed by atoms with Crippen molar-refractivity contribution in [2.75, 3.05) is 13.1 Å². The van der Waals surface area contributed by atoms with Crippen LogP contribution in [-0.4, -0.2) is 37.1 Å². The first-order valence-electron chi connectivity index (χ1n) is 10.5. The molecule has 1 aliphatic heterocycles. The summed E-state index contributed by atoms with van der Waals surface area (Å²) in [5.74, 6) is 0.893. The third-order valence-electron chi connectivity index (χ3n) is 6.18. The number of fused-ring (bicyclic) bond motifs is 1. The third kappa shape index (κ3) is 3.77. The highest BCUT2D eigenvalue weighted by Crippen LogP contribution is 2.28. The van der Waals surface area contributed by atoms with E-state index in [4.69, 9.17) is 4.98 Å². The molecular formula is C23H25N5O2S. The monoisotopic (exact) mass is 435 g/mol. The van der Waals surface area contributed by atoms with E-state index in [-0.39, 0.29) is 17.2 Å². The molecule has 0 spiro atoms. The van der Waals surface area contributed by atoms with Crippen molar-refractivity contribution in [3.63, 3.8) is 0 Å². The Labute approximate surface area is 183 Å². The van der Waals surface area contributed by atoms with E-state index in [2.05, 4.69) is 22.0 Å². The van der Waals surface area contributed by atoms with Crippen LogP contribution in [0.25, 0.3) is 21.7 Å². The minimum Gasteiger partial charge on any atom is -0.306 e. The van der Waals surface area contributed by atoms with E-state index in [1.807, 2.05) is 30.6 Å². The van der Waals surface area contributed by atoms with Gasteiger partial charge in [0.05, 0.1) is 21.6 Å². The van der Waals surface area contributed by atoms with Gasteiger partial charge in [-0.25, -0.2) is 9.78 Å². The summed E-state index contributed by atoms with van der Waals surface area (Å²) >= 11 is 1.58. The fraction of sp³-hybridized carbons (Fsp3) is 0.348. The number of hydrogen-bond donors (Lipinski definition) is 1. The summed E-state index contributed by atoms with van der Waals surface area (Å²) in [6.07, 6.45) is 2.10. The van der Waals surface area contributed by atoms with Crippen LogP contribution in [0.2, 0.25) is 0 Å². The number of nitrogens with one attached hydrogen (secondary N) is 1. The minimum atomic E-state index is -0.0963. The Morgan fingerprint density at radius 3 is 2.77 bits per heavy atom. The lowest BCUT2D eigenvalue weighted by molar-refractivity contribution is 0.198. The lowest BCUT2D eigenvalue weighted by atomic mass is 9.94. The summed E-state index contributed by atoms with van der Waals surface area (Å²) in [7, 11) is 3.62. The van der Waals surface area contributed by atoms with Crippen LogP contribution < -0.4 is 11.2 Å². The molecule has 7 nitrogen and oxygen atoms in total.